The van der Waals surface area contributed by atoms with Gasteiger partial charge in [0.05, 0.1) is 5.92 Å². The quantitative estimate of drug-likeness (QED) is 0.639. The van der Waals surface area contributed by atoms with Gasteiger partial charge in [0.1, 0.15) is 0 Å². The van der Waals surface area contributed by atoms with Crippen molar-refractivity contribution >= 4 is 29.3 Å². The van der Waals surface area contributed by atoms with E-state index in [1.54, 1.807) is 11.8 Å². The van der Waals surface area contributed by atoms with E-state index < -0.39 is 5.97 Å². The van der Waals surface area contributed by atoms with Crippen LogP contribution in [0.2, 0.25) is 5.02 Å². The van der Waals surface area contributed by atoms with E-state index in [-0.39, 0.29) is 5.92 Å². The van der Waals surface area contributed by atoms with Crippen LogP contribution in [-0.4, -0.2) is 22.9 Å². The molecule has 0 amide bonds. The molecular formula is C17H26ClNO2S. The van der Waals surface area contributed by atoms with Crippen molar-refractivity contribution in [2.24, 2.45) is 11.8 Å². The van der Waals surface area contributed by atoms with E-state index in [1.807, 2.05) is 26.0 Å². The molecule has 124 valence electrons. The molecule has 1 unspecified atom stereocenters. The van der Waals surface area contributed by atoms with Crippen LogP contribution in [0.1, 0.15) is 39.7 Å². The number of hydrogen-bond donors (Lipinski definition) is 2. The van der Waals surface area contributed by atoms with Gasteiger partial charge in [-0.05, 0) is 30.0 Å². The molecule has 1 aromatic carbocycles. The van der Waals surface area contributed by atoms with Gasteiger partial charge in [0.2, 0.25) is 0 Å². The lowest BCUT2D eigenvalue weighted by molar-refractivity contribution is -0.142. The van der Waals surface area contributed by atoms with E-state index in [1.165, 1.54) is 0 Å². The van der Waals surface area contributed by atoms with Gasteiger partial charge in [-0.1, -0.05) is 45.4 Å². The first-order chi connectivity index (χ1) is 10.3. The van der Waals surface area contributed by atoms with Crippen molar-refractivity contribution in [2.75, 3.05) is 6.54 Å². The summed E-state index contributed by atoms with van der Waals surface area (Å²) < 4.78 is 0. The van der Waals surface area contributed by atoms with E-state index >= 15 is 0 Å². The highest BCUT2D eigenvalue weighted by molar-refractivity contribution is 8.00. The Morgan fingerprint density at radius 3 is 2.55 bits per heavy atom. The summed E-state index contributed by atoms with van der Waals surface area (Å²) in [6.45, 7) is 9.43. The Kier molecular flexibility index (Phi) is 8.29. The van der Waals surface area contributed by atoms with Crippen LogP contribution in [-0.2, 0) is 11.3 Å². The molecule has 0 spiro atoms. The van der Waals surface area contributed by atoms with Crippen LogP contribution in [0.25, 0.3) is 0 Å². The van der Waals surface area contributed by atoms with E-state index in [2.05, 4.69) is 25.2 Å². The number of carboxylic acids is 1. The van der Waals surface area contributed by atoms with Gasteiger partial charge in [-0.3, -0.25) is 4.79 Å². The molecule has 0 aromatic heterocycles. The van der Waals surface area contributed by atoms with Gasteiger partial charge < -0.3 is 10.4 Å². The Labute approximate surface area is 142 Å². The summed E-state index contributed by atoms with van der Waals surface area (Å²) >= 11 is 8.08. The molecule has 1 rings (SSSR count). The van der Waals surface area contributed by atoms with Crippen molar-refractivity contribution in [3.05, 3.63) is 28.8 Å². The smallest absolute Gasteiger partial charge is 0.307 e. The fourth-order valence-corrected chi connectivity index (χ4v) is 3.57. The van der Waals surface area contributed by atoms with Crippen LogP contribution >= 0.6 is 23.4 Å². The Morgan fingerprint density at radius 1 is 1.32 bits per heavy atom. The Bertz CT molecular complexity index is 492. The van der Waals surface area contributed by atoms with Crippen molar-refractivity contribution in [1.29, 1.82) is 0 Å². The minimum Gasteiger partial charge on any atom is -0.481 e. The molecule has 0 aliphatic carbocycles. The third kappa shape index (κ3) is 6.59. The lowest BCUT2D eigenvalue weighted by atomic mass is 9.97. The number of aliphatic carboxylic acids is 1. The van der Waals surface area contributed by atoms with Gasteiger partial charge in [0.15, 0.2) is 0 Å². The van der Waals surface area contributed by atoms with Gasteiger partial charge in [-0.2, -0.15) is 0 Å². The standard InChI is InChI=1S/C17H26ClNO2S/c1-11(2)8-13(17(20)21)9-19-10-14-15(18)6-5-7-16(14)22-12(3)4/h5-7,11-13,19H,8-10H2,1-4H3,(H,20,21). The summed E-state index contributed by atoms with van der Waals surface area (Å²) in [5, 5.41) is 13.7. The second kappa shape index (κ2) is 9.43. The number of thioether (sulfide) groups is 1. The van der Waals surface area contributed by atoms with Gasteiger partial charge >= 0.3 is 5.97 Å². The van der Waals surface area contributed by atoms with Crippen LogP contribution in [0.5, 0.6) is 0 Å². The molecule has 5 heteroatoms. The maximum absolute atomic E-state index is 11.3. The van der Waals surface area contributed by atoms with Crippen molar-refractivity contribution in [3.63, 3.8) is 0 Å². The second-order valence-corrected chi connectivity index (χ2v) is 8.20. The van der Waals surface area contributed by atoms with E-state index in [0.29, 0.717) is 30.7 Å². The molecule has 0 saturated heterocycles. The first-order valence-corrected chi connectivity index (χ1v) is 8.94. The zero-order valence-corrected chi connectivity index (χ0v) is 15.3. The van der Waals surface area contributed by atoms with Gasteiger partial charge in [-0.25, -0.2) is 0 Å². The minimum absolute atomic E-state index is 0.358. The Hall–Kier alpha value is -0.710. The minimum atomic E-state index is -0.739. The first-order valence-electron chi connectivity index (χ1n) is 7.68. The van der Waals surface area contributed by atoms with Crippen LogP contribution < -0.4 is 5.32 Å². The number of hydrogen-bond acceptors (Lipinski definition) is 3. The summed E-state index contributed by atoms with van der Waals surface area (Å²) in [6.07, 6.45) is 0.679. The highest BCUT2D eigenvalue weighted by Crippen LogP contribution is 2.31. The van der Waals surface area contributed by atoms with Crippen molar-refractivity contribution < 1.29 is 9.90 Å². The van der Waals surface area contributed by atoms with Gasteiger partial charge in [0, 0.05) is 28.3 Å². The zero-order valence-electron chi connectivity index (χ0n) is 13.7. The van der Waals surface area contributed by atoms with Crippen molar-refractivity contribution in [1.82, 2.24) is 5.32 Å². The lowest BCUT2D eigenvalue weighted by Gasteiger charge is -2.17. The molecule has 0 saturated carbocycles. The van der Waals surface area contributed by atoms with Gasteiger partial charge in [0.25, 0.3) is 0 Å². The average Bonchev–Trinajstić information content (AvgIpc) is 2.39. The topological polar surface area (TPSA) is 49.3 Å². The molecule has 22 heavy (non-hydrogen) atoms. The van der Waals surface area contributed by atoms with Crippen LogP contribution in [0.15, 0.2) is 23.1 Å². The number of nitrogens with one attached hydrogen (secondary N) is 1. The third-order valence-electron chi connectivity index (χ3n) is 3.24. The summed E-state index contributed by atoms with van der Waals surface area (Å²) in [5.41, 5.74) is 1.05. The molecule has 0 bridgehead atoms. The largest absolute Gasteiger partial charge is 0.481 e. The molecule has 0 heterocycles. The predicted octanol–water partition coefficient (Wildman–Crippen LogP) is 4.68. The fourth-order valence-electron chi connectivity index (χ4n) is 2.29. The number of carboxylic acid groups (broad SMARTS) is 1. The van der Waals surface area contributed by atoms with Gasteiger partial charge in [-0.15, -0.1) is 11.8 Å². The Balaban J connectivity index is 2.69. The molecule has 0 aliphatic heterocycles. The molecule has 0 fully saturated rings. The highest BCUT2D eigenvalue weighted by Gasteiger charge is 2.19. The number of benzene rings is 1. The number of rotatable bonds is 9. The fraction of sp³-hybridized carbons (Fsp3) is 0.588. The SMILES string of the molecule is CC(C)CC(CNCc1c(Cl)cccc1SC(C)C)C(=O)O. The molecule has 0 radical (unpaired) electrons. The van der Waals surface area contributed by atoms with Crippen LogP contribution in [0.4, 0.5) is 0 Å². The molecule has 3 nitrogen and oxygen atoms in total. The normalized spacial score (nSPS) is 12.9. The second-order valence-electron chi connectivity index (χ2n) is 6.18. The van der Waals surface area contributed by atoms with E-state index in [9.17, 15) is 9.90 Å². The van der Waals surface area contributed by atoms with E-state index in [0.717, 1.165) is 15.5 Å². The lowest BCUT2D eigenvalue weighted by Crippen LogP contribution is -2.29. The zero-order chi connectivity index (χ0) is 16.7. The molecular weight excluding hydrogens is 318 g/mol. The first kappa shape index (κ1) is 19.3. The monoisotopic (exact) mass is 343 g/mol. The summed E-state index contributed by atoms with van der Waals surface area (Å²) in [4.78, 5) is 12.4. The summed E-state index contributed by atoms with van der Waals surface area (Å²) in [6, 6.07) is 5.90. The predicted molar refractivity (Wildman–Crippen MR) is 94.7 cm³/mol. The Morgan fingerprint density at radius 2 is 2.00 bits per heavy atom. The third-order valence-corrected chi connectivity index (χ3v) is 4.70. The molecule has 1 aromatic rings. The number of halogens is 1. The van der Waals surface area contributed by atoms with Crippen LogP contribution in [0, 0.1) is 11.8 Å². The molecule has 0 aliphatic rings. The number of carbonyl (C=O) groups is 1. The summed E-state index contributed by atoms with van der Waals surface area (Å²) in [7, 11) is 0. The van der Waals surface area contributed by atoms with Crippen LogP contribution in [0.3, 0.4) is 0 Å². The van der Waals surface area contributed by atoms with Crippen molar-refractivity contribution in [2.45, 2.75) is 50.8 Å². The maximum atomic E-state index is 11.3. The molecule has 1 atom stereocenters. The van der Waals surface area contributed by atoms with E-state index in [4.69, 9.17) is 11.6 Å². The maximum Gasteiger partial charge on any atom is 0.307 e. The van der Waals surface area contributed by atoms with Crippen molar-refractivity contribution in [3.8, 4) is 0 Å². The average molecular weight is 344 g/mol. The highest BCUT2D eigenvalue weighted by atomic mass is 35.5. The molecule has 2 N–H and O–H groups in total. The summed E-state index contributed by atoms with van der Waals surface area (Å²) in [5.74, 6) is -0.726.